The molecule has 7 aromatic rings. The summed E-state index contributed by atoms with van der Waals surface area (Å²) in [6.45, 7) is -0.336. The molecule has 1 saturated heterocycles. The monoisotopic (exact) mass is 739 g/mol. The smallest absolute Gasteiger partial charge is 0.338 e. The molecular weight excluding hydrogens is 707 g/mol. The van der Waals surface area contributed by atoms with Crippen molar-refractivity contribution in [1.82, 2.24) is 14.6 Å². The number of rotatable bonds is 11. The topological polar surface area (TPSA) is 145 Å². The molecular formula is C45H33N5O6. The first-order valence-electron chi connectivity index (χ1n) is 17.8. The number of nitriles is 1. The molecule has 1 aliphatic heterocycles. The second-order valence-corrected chi connectivity index (χ2v) is 13.0. The zero-order valence-electron chi connectivity index (χ0n) is 29.8. The Morgan fingerprint density at radius 3 is 1.80 bits per heavy atom. The van der Waals surface area contributed by atoms with Crippen LogP contribution in [-0.2, 0) is 30.2 Å². The number of carbonyl (C=O) groups is 3. The second-order valence-electron chi connectivity index (χ2n) is 13.0. The number of Topliss-reactive ketones (excluding diaryl/α,β-unsaturated/α-hetero) is 1. The molecule has 0 spiro atoms. The van der Waals surface area contributed by atoms with Gasteiger partial charge in [-0.1, -0.05) is 127 Å². The largest absolute Gasteiger partial charge is 0.446 e. The van der Waals surface area contributed by atoms with Crippen LogP contribution in [-0.4, -0.2) is 51.1 Å². The van der Waals surface area contributed by atoms with E-state index in [1.165, 1.54) is 16.9 Å². The molecule has 0 aliphatic carbocycles. The Labute approximate surface area is 321 Å². The van der Waals surface area contributed by atoms with Gasteiger partial charge in [0.05, 0.1) is 17.9 Å². The summed E-state index contributed by atoms with van der Waals surface area (Å²) in [6.07, 6.45) is -1.93. The van der Waals surface area contributed by atoms with Gasteiger partial charge in [0, 0.05) is 5.56 Å². The fourth-order valence-corrected chi connectivity index (χ4v) is 7.11. The Balaban J connectivity index is 1.21. The van der Waals surface area contributed by atoms with E-state index in [0.29, 0.717) is 11.1 Å². The third-order valence-electron chi connectivity index (χ3n) is 9.77. The predicted molar refractivity (Wildman–Crippen MR) is 205 cm³/mol. The summed E-state index contributed by atoms with van der Waals surface area (Å²) in [6, 6.07) is 50.9. The van der Waals surface area contributed by atoms with E-state index < -0.39 is 41.1 Å². The number of nitrogens with one attached hydrogen (secondary N) is 1. The van der Waals surface area contributed by atoms with Gasteiger partial charge in [-0.15, -0.1) is 0 Å². The number of carbonyl (C=O) groups excluding carboxylic acids is 3. The lowest BCUT2D eigenvalue weighted by Crippen LogP contribution is -2.42. The number of ether oxygens (including phenoxy) is 3. The lowest BCUT2D eigenvalue weighted by molar-refractivity contribution is -0.132. The van der Waals surface area contributed by atoms with Crippen LogP contribution in [0.5, 0.6) is 0 Å². The Morgan fingerprint density at radius 1 is 0.750 bits per heavy atom. The average molecular weight is 740 g/mol. The molecule has 56 heavy (non-hydrogen) atoms. The third kappa shape index (κ3) is 6.39. The molecule has 8 rings (SSSR count). The summed E-state index contributed by atoms with van der Waals surface area (Å²) >= 11 is 0. The van der Waals surface area contributed by atoms with Gasteiger partial charge < -0.3 is 19.5 Å². The fraction of sp³-hybridized carbons (Fsp3) is 0.111. The SMILES string of the molecule is N#C[C@@]1(c2ccc3c(NC(=O)c4ccccc4)ncnn23)O[C@H](COC(c2ccccc2)(c2ccccc2)c2ccccc2)C(=O)C1OC(=O)c1ccccc1. The van der Waals surface area contributed by atoms with E-state index in [0.717, 1.165) is 16.7 Å². The van der Waals surface area contributed by atoms with E-state index >= 15 is 0 Å². The molecule has 0 bridgehead atoms. The number of nitrogens with zero attached hydrogens (tertiary/aromatic N) is 4. The highest BCUT2D eigenvalue weighted by molar-refractivity contribution is 6.05. The lowest BCUT2D eigenvalue weighted by atomic mass is 9.80. The minimum absolute atomic E-state index is 0.0785. The Kier molecular flexibility index (Phi) is 9.73. The molecule has 11 heteroatoms. The van der Waals surface area contributed by atoms with Gasteiger partial charge in [0.15, 0.2) is 5.82 Å². The number of ketones is 1. The zero-order chi connectivity index (χ0) is 38.5. The van der Waals surface area contributed by atoms with Gasteiger partial charge in [0.2, 0.25) is 17.5 Å². The molecule has 2 aromatic heterocycles. The van der Waals surface area contributed by atoms with Gasteiger partial charge >= 0.3 is 5.97 Å². The Hall–Kier alpha value is -7.26. The fourth-order valence-electron chi connectivity index (χ4n) is 7.11. The van der Waals surface area contributed by atoms with Gasteiger partial charge in [-0.25, -0.2) is 14.3 Å². The summed E-state index contributed by atoms with van der Waals surface area (Å²) in [4.78, 5) is 45.7. The molecule has 11 nitrogen and oxygen atoms in total. The van der Waals surface area contributed by atoms with Crippen molar-refractivity contribution in [3.05, 3.63) is 204 Å². The van der Waals surface area contributed by atoms with E-state index in [1.807, 2.05) is 91.0 Å². The summed E-state index contributed by atoms with van der Waals surface area (Å²) in [7, 11) is 0. The second kappa shape index (κ2) is 15.2. The first kappa shape index (κ1) is 35.8. The van der Waals surface area contributed by atoms with E-state index in [2.05, 4.69) is 21.5 Å². The van der Waals surface area contributed by atoms with E-state index in [1.54, 1.807) is 66.7 Å². The Morgan fingerprint density at radius 2 is 1.27 bits per heavy atom. The number of hydrogen-bond donors (Lipinski definition) is 1. The van der Waals surface area contributed by atoms with Crippen molar-refractivity contribution in [2.75, 3.05) is 11.9 Å². The van der Waals surface area contributed by atoms with Crippen LogP contribution >= 0.6 is 0 Å². The summed E-state index contributed by atoms with van der Waals surface area (Å²) in [5.74, 6) is -1.77. The maximum Gasteiger partial charge on any atom is 0.338 e. The summed E-state index contributed by atoms with van der Waals surface area (Å²) in [5, 5.41) is 18.3. The van der Waals surface area contributed by atoms with Crippen molar-refractivity contribution >= 4 is 29.0 Å². The predicted octanol–water partition coefficient (Wildman–Crippen LogP) is 6.90. The molecule has 3 heterocycles. The van der Waals surface area contributed by atoms with Crippen molar-refractivity contribution in [2.45, 2.75) is 23.4 Å². The van der Waals surface area contributed by atoms with Gasteiger partial charge in [0.25, 0.3) is 5.91 Å². The van der Waals surface area contributed by atoms with Crippen LogP contribution < -0.4 is 5.32 Å². The minimum atomic E-state index is -2.20. The maximum absolute atomic E-state index is 14.6. The molecule has 0 saturated carbocycles. The highest BCUT2D eigenvalue weighted by Gasteiger charge is 2.61. The standard InChI is InChI=1S/C45H33N5O6/c46-29-44(38-27-26-36-41(47-30-48-50(36)38)49-42(52)31-16-6-1-7-17-31)40(55-43(53)32-18-8-2-9-19-32)39(51)37(56-44)28-54-45(33-20-10-3-11-21-33,34-22-12-4-13-23-34)35-24-14-5-15-25-35/h1-27,30,37,40H,28H2,(H,47,48,49,52)/t37-,40?,44+/m1/s1. The van der Waals surface area contributed by atoms with Crippen LogP contribution in [0.1, 0.15) is 43.1 Å². The van der Waals surface area contributed by atoms with E-state index in [9.17, 15) is 19.6 Å². The van der Waals surface area contributed by atoms with Crippen molar-refractivity contribution in [3.63, 3.8) is 0 Å². The lowest BCUT2D eigenvalue weighted by Gasteiger charge is -2.36. The molecule has 3 atom stereocenters. The normalized spacial score (nSPS) is 17.9. The molecule has 1 aliphatic rings. The quantitative estimate of drug-likeness (QED) is 0.111. The summed E-state index contributed by atoms with van der Waals surface area (Å²) < 4.78 is 20.8. The summed E-state index contributed by atoms with van der Waals surface area (Å²) in [5.41, 5.74) is -0.0773. The van der Waals surface area contributed by atoms with Gasteiger partial charge in [-0.05, 0) is 53.1 Å². The van der Waals surface area contributed by atoms with E-state index in [-0.39, 0.29) is 23.7 Å². The highest BCUT2D eigenvalue weighted by atomic mass is 16.6. The number of esters is 1. The number of fused-ring (bicyclic) bond motifs is 1. The molecule has 1 N–H and O–H groups in total. The first-order chi connectivity index (χ1) is 27.4. The molecule has 1 unspecified atom stereocenters. The molecule has 1 amide bonds. The van der Waals surface area contributed by atoms with Crippen LogP contribution in [0.2, 0.25) is 0 Å². The maximum atomic E-state index is 14.6. The molecule has 0 radical (unpaired) electrons. The van der Waals surface area contributed by atoms with Gasteiger partial charge in [0.1, 0.15) is 29.6 Å². The number of aromatic nitrogens is 3. The molecule has 274 valence electrons. The van der Waals surface area contributed by atoms with Crippen LogP contribution in [0.3, 0.4) is 0 Å². The molecule has 1 fully saturated rings. The van der Waals surface area contributed by atoms with Crippen LogP contribution in [0.15, 0.2) is 170 Å². The zero-order valence-corrected chi connectivity index (χ0v) is 29.8. The van der Waals surface area contributed by atoms with Crippen molar-refractivity contribution in [2.24, 2.45) is 0 Å². The van der Waals surface area contributed by atoms with Crippen molar-refractivity contribution < 1.29 is 28.6 Å². The van der Waals surface area contributed by atoms with Crippen molar-refractivity contribution in [1.29, 1.82) is 5.26 Å². The average Bonchev–Trinajstić information content (AvgIpc) is 3.82. The van der Waals surface area contributed by atoms with Crippen LogP contribution in [0.25, 0.3) is 5.52 Å². The third-order valence-corrected chi connectivity index (χ3v) is 9.77. The van der Waals surface area contributed by atoms with Crippen LogP contribution in [0.4, 0.5) is 5.82 Å². The van der Waals surface area contributed by atoms with Gasteiger partial charge in [-0.2, -0.15) is 10.4 Å². The highest BCUT2D eigenvalue weighted by Crippen LogP contribution is 2.44. The first-order valence-corrected chi connectivity index (χ1v) is 17.8. The number of hydrogen-bond acceptors (Lipinski definition) is 9. The van der Waals surface area contributed by atoms with Crippen molar-refractivity contribution in [3.8, 4) is 6.07 Å². The van der Waals surface area contributed by atoms with Crippen LogP contribution in [0, 0.1) is 11.3 Å². The molecule has 5 aromatic carbocycles. The number of anilines is 1. The minimum Gasteiger partial charge on any atom is -0.446 e. The van der Waals surface area contributed by atoms with Gasteiger partial charge in [-0.3, -0.25) is 9.59 Å². The van der Waals surface area contributed by atoms with E-state index in [4.69, 9.17) is 14.2 Å². The Bertz CT molecular complexity index is 2450. The number of benzene rings is 5. The number of amides is 1.